The van der Waals surface area contributed by atoms with Gasteiger partial charge in [-0.1, -0.05) is 32.3 Å². The predicted molar refractivity (Wildman–Crippen MR) is 83.3 cm³/mol. The van der Waals surface area contributed by atoms with Gasteiger partial charge in [0.05, 0.1) is 0 Å². The summed E-state index contributed by atoms with van der Waals surface area (Å²) in [5.41, 5.74) is 1.28. The number of aliphatic carboxylic acids is 1. The predicted octanol–water partition coefficient (Wildman–Crippen LogP) is 3.34. The minimum Gasteiger partial charge on any atom is -0.480 e. The fraction of sp³-hybridized carbons (Fsp3) is 0.647. The van der Waals surface area contributed by atoms with E-state index in [4.69, 9.17) is 0 Å². The smallest absolute Gasteiger partial charge is 0.320 e. The van der Waals surface area contributed by atoms with Crippen LogP contribution in [0.5, 0.6) is 0 Å². The van der Waals surface area contributed by atoms with Crippen molar-refractivity contribution in [3.63, 3.8) is 0 Å². The van der Waals surface area contributed by atoms with Gasteiger partial charge in [0.25, 0.3) is 0 Å². The van der Waals surface area contributed by atoms with Gasteiger partial charge in [0.2, 0.25) is 0 Å². The Morgan fingerprint density at radius 2 is 2.38 bits per heavy atom. The molecule has 0 spiro atoms. The van der Waals surface area contributed by atoms with Crippen LogP contribution in [0.2, 0.25) is 0 Å². The Morgan fingerprint density at radius 3 is 3.05 bits per heavy atom. The van der Waals surface area contributed by atoms with Crippen LogP contribution in [-0.4, -0.2) is 28.1 Å². The molecule has 0 radical (unpaired) electrons. The van der Waals surface area contributed by atoms with Gasteiger partial charge in [-0.2, -0.15) is 0 Å². The molecule has 21 heavy (non-hydrogen) atoms. The first-order chi connectivity index (χ1) is 10.2. The van der Waals surface area contributed by atoms with E-state index in [0.717, 1.165) is 38.5 Å². The van der Waals surface area contributed by atoms with E-state index >= 15 is 0 Å². The summed E-state index contributed by atoms with van der Waals surface area (Å²) < 4.78 is 0. The van der Waals surface area contributed by atoms with Crippen LogP contribution in [0.25, 0.3) is 0 Å². The van der Waals surface area contributed by atoms with Crippen molar-refractivity contribution in [2.45, 2.75) is 69.9 Å². The normalized spacial score (nSPS) is 23.7. The van der Waals surface area contributed by atoms with Gasteiger partial charge in [0, 0.05) is 18.4 Å². The molecular weight excluding hydrogens is 264 g/mol. The molecule has 1 aliphatic rings. The first kappa shape index (κ1) is 16.0. The summed E-state index contributed by atoms with van der Waals surface area (Å²) in [6, 6.07) is 4.02. The highest BCUT2D eigenvalue weighted by Crippen LogP contribution is 2.32. The lowest BCUT2D eigenvalue weighted by Gasteiger charge is -2.32. The number of nitrogens with one attached hydrogen (secondary N) is 1. The Morgan fingerprint density at radius 1 is 1.52 bits per heavy atom. The third-order valence-electron chi connectivity index (χ3n) is 4.41. The molecule has 116 valence electrons. The van der Waals surface area contributed by atoms with E-state index in [1.54, 1.807) is 6.20 Å². The van der Waals surface area contributed by atoms with Gasteiger partial charge in [-0.3, -0.25) is 9.78 Å². The third-order valence-corrected chi connectivity index (χ3v) is 4.41. The van der Waals surface area contributed by atoms with Crippen LogP contribution in [0.3, 0.4) is 0 Å². The van der Waals surface area contributed by atoms with E-state index in [0.29, 0.717) is 12.0 Å². The number of pyridine rings is 1. The summed E-state index contributed by atoms with van der Waals surface area (Å²) in [5, 5.41) is 12.7. The van der Waals surface area contributed by atoms with Gasteiger partial charge in [0.1, 0.15) is 6.04 Å². The largest absolute Gasteiger partial charge is 0.480 e. The molecule has 3 atom stereocenters. The molecule has 4 heteroatoms. The molecule has 0 amide bonds. The average Bonchev–Trinajstić information content (AvgIpc) is 2.52. The number of nitrogens with zero attached hydrogens (tertiary/aromatic N) is 1. The molecular formula is C17H26N2O2. The van der Waals surface area contributed by atoms with Crippen molar-refractivity contribution in [2.24, 2.45) is 0 Å². The van der Waals surface area contributed by atoms with Crippen LogP contribution >= 0.6 is 0 Å². The molecule has 1 saturated carbocycles. The Kier molecular flexibility index (Phi) is 6.18. The fourth-order valence-corrected chi connectivity index (χ4v) is 3.23. The molecule has 0 saturated heterocycles. The van der Waals surface area contributed by atoms with E-state index < -0.39 is 12.0 Å². The minimum atomic E-state index is -0.716. The Hall–Kier alpha value is -1.42. The molecule has 2 rings (SSSR count). The topological polar surface area (TPSA) is 62.2 Å². The van der Waals surface area contributed by atoms with Crippen molar-refractivity contribution in [1.29, 1.82) is 0 Å². The van der Waals surface area contributed by atoms with Crippen molar-refractivity contribution in [2.75, 3.05) is 0 Å². The van der Waals surface area contributed by atoms with Gasteiger partial charge in [-0.25, -0.2) is 0 Å². The molecule has 4 nitrogen and oxygen atoms in total. The van der Waals surface area contributed by atoms with E-state index in [2.05, 4.69) is 23.3 Å². The monoisotopic (exact) mass is 290 g/mol. The highest BCUT2D eigenvalue weighted by molar-refractivity contribution is 5.73. The zero-order valence-electron chi connectivity index (χ0n) is 12.8. The van der Waals surface area contributed by atoms with E-state index in [-0.39, 0.29) is 0 Å². The lowest BCUT2D eigenvalue weighted by molar-refractivity contribution is -0.140. The van der Waals surface area contributed by atoms with Gasteiger partial charge in [0.15, 0.2) is 0 Å². The van der Waals surface area contributed by atoms with Gasteiger partial charge in [-0.15, -0.1) is 0 Å². The summed E-state index contributed by atoms with van der Waals surface area (Å²) in [5.74, 6) is -0.211. The SMILES string of the molecule is CCCCC(NC1CCCC(c2cccnc2)C1)C(=O)O. The molecule has 0 aromatic carbocycles. The van der Waals surface area contributed by atoms with Crippen molar-refractivity contribution in [3.05, 3.63) is 30.1 Å². The van der Waals surface area contributed by atoms with Gasteiger partial charge in [-0.05, 0) is 43.2 Å². The van der Waals surface area contributed by atoms with Crippen LogP contribution in [0.1, 0.15) is 63.4 Å². The standard InChI is InChI=1S/C17H26N2O2/c1-2-3-9-16(17(20)21)19-15-8-4-6-13(11-15)14-7-5-10-18-12-14/h5,7,10,12-13,15-16,19H,2-4,6,8-9,11H2,1H3,(H,20,21). The lowest BCUT2D eigenvalue weighted by Crippen LogP contribution is -2.45. The van der Waals surface area contributed by atoms with Crippen molar-refractivity contribution in [1.82, 2.24) is 10.3 Å². The number of aromatic nitrogens is 1. The Bertz CT molecular complexity index is 436. The number of unbranched alkanes of at least 4 members (excludes halogenated alkanes) is 1. The molecule has 1 fully saturated rings. The zero-order valence-corrected chi connectivity index (χ0v) is 12.8. The molecule has 1 aromatic heterocycles. The van der Waals surface area contributed by atoms with Crippen LogP contribution in [0, 0.1) is 0 Å². The summed E-state index contributed by atoms with van der Waals surface area (Å²) in [4.78, 5) is 15.6. The second kappa shape index (κ2) is 8.13. The van der Waals surface area contributed by atoms with Crippen LogP contribution in [0.4, 0.5) is 0 Å². The van der Waals surface area contributed by atoms with Crippen LogP contribution in [0.15, 0.2) is 24.5 Å². The third kappa shape index (κ3) is 4.81. The molecule has 3 unspecified atom stereocenters. The fourth-order valence-electron chi connectivity index (χ4n) is 3.23. The number of carboxylic acid groups (broad SMARTS) is 1. The average molecular weight is 290 g/mol. The Labute approximate surface area is 127 Å². The van der Waals surface area contributed by atoms with E-state index in [1.165, 1.54) is 12.0 Å². The molecule has 0 bridgehead atoms. The van der Waals surface area contributed by atoms with Crippen molar-refractivity contribution < 1.29 is 9.90 Å². The number of rotatable bonds is 7. The zero-order chi connectivity index (χ0) is 15.1. The maximum Gasteiger partial charge on any atom is 0.320 e. The van der Waals surface area contributed by atoms with Crippen molar-refractivity contribution >= 4 is 5.97 Å². The summed E-state index contributed by atoms with van der Waals surface area (Å²) in [7, 11) is 0. The molecule has 2 N–H and O–H groups in total. The van der Waals surface area contributed by atoms with Crippen LogP contribution < -0.4 is 5.32 Å². The summed E-state index contributed by atoms with van der Waals surface area (Å²) in [6.07, 6.45) is 10.9. The van der Waals surface area contributed by atoms with E-state index in [9.17, 15) is 9.90 Å². The first-order valence-electron chi connectivity index (χ1n) is 8.09. The molecule has 0 aliphatic heterocycles. The quantitative estimate of drug-likeness (QED) is 0.808. The second-order valence-electron chi connectivity index (χ2n) is 6.05. The maximum atomic E-state index is 11.4. The van der Waals surface area contributed by atoms with Crippen molar-refractivity contribution in [3.8, 4) is 0 Å². The number of carbonyl (C=O) groups is 1. The summed E-state index contributed by atoms with van der Waals surface area (Å²) in [6.45, 7) is 2.10. The minimum absolute atomic E-state index is 0.307. The second-order valence-corrected chi connectivity index (χ2v) is 6.05. The molecule has 1 aliphatic carbocycles. The Balaban J connectivity index is 1.92. The molecule has 1 heterocycles. The lowest BCUT2D eigenvalue weighted by atomic mass is 9.81. The number of hydrogen-bond donors (Lipinski definition) is 2. The van der Waals surface area contributed by atoms with E-state index in [1.807, 2.05) is 12.3 Å². The highest BCUT2D eigenvalue weighted by Gasteiger charge is 2.27. The first-order valence-corrected chi connectivity index (χ1v) is 8.09. The number of carboxylic acids is 1. The van der Waals surface area contributed by atoms with Gasteiger partial charge >= 0.3 is 5.97 Å². The summed E-state index contributed by atoms with van der Waals surface area (Å²) >= 11 is 0. The maximum absolute atomic E-state index is 11.4. The van der Waals surface area contributed by atoms with Gasteiger partial charge < -0.3 is 10.4 Å². The highest BCUT2D eigenvalue weighted by atomic mass is 16.4. The molecule has 1 aromatic rings. The van der Waals surface area contributed by atoms with Crippen LogP contribution in [-0.2, 0) is 4.79 Å². The number of hydrogen-bond acceptors (Lipinski definition) is 3.